The molecule has 0 aliphatic rings. The van der Waals surface area contributed by atoms with E-state index in [2.05, 4.69) is 15.4 Å². The van der Waals surface area contributed by atoms with Crippen molar-refractivity contribution in [2.45, 2.75) is 13.0 Å². The van der Waals surface area contributed by atoms with Crippen LogP contribution in [0.3, 0.4) is 0 Å². The summed E-state index contributed by atoms with van der Waals surface area (Å²) >= 11 is 0. The number of hydrogen-bond donors (Lipinski definition) is 1. The Morgan fingerprint density at radius 2 is 1.84 bits per heavy atom. The molecule has 0 fully saturated rings. The van der Waals surface area contributed by atoms with Gasteiger partial charge in [-0.15, -0.1) is 0 Å². The lowest BCUT2D eigenvalue weighted by Gasteiger charge is -2.11. The minimum atomic E-state index is -0.304. The van der Waals surface area contributed by atoms with Crippen molar-refractivity contribution in [3.63, 3.8) is 0 Å². The SMILES string of the molecule is C[C@H](NC(=O)c1cn(-c2ccccc2)nc1-c1cccnc1)c1cc2ccccc2o1. The average Bonchev–Trinajstić information content (AvgIpc) is 3.45. The van der Waals surface area contributed by atoms with Crippen molar-refractivity contribution >= 4 is 16.9 Å². The molecule has 5 rings (SSSR count). The third-order valence-electron chi connectivity index (χ3n) is 5.13. The minimum Gasteiger partial charge on any atom is -0.459 e. The number of hydrogen-bond acceptors (Lipinski definition) is 4. The number of pyridine rings is 1. The van der Waals surface area contributed by atoms with Gasteiger partial charge in [0.2, 0.25) is 0 Å². The molecule has 3 heterocycles. The maximum Gasteiger partial charge on any atom is 0.255 e. The van der Waals surface area contributed by atoms with Gasteiger partial charge in [-0.2, -0.15) is 5.10 Å². The van der Waals surface area contributed by atoms with Gasteiger partial charge < -0.3 is 9.73 Å². The molecule has 1 atom stereocenters. The number of nitrogens with zero attached hydrogens (tertiary/aromatic N) is 3. The summed E-state index contributed by atoms with van der Waals surface area (Å²) in [6.07, 6.45) is 5.15. The number of carbonyl (C=O) groups is 1. The summed E-state index contributed by atoms with van der Waals surface area (Å²) in [5.41, 5.74) is 3.49. The Bertz CT molecular complexity index is 1310. The Labute approximate surface area is 179 Å². The van der Waals surface area contributed by atoms with Gasteiger partial charge in [-0.05, 0) is 43.3 Å². The first-order valence-electron chi connectivity index (χ1n) is 10.0. The molecule has 0 spiro atoms. The van der Waals surface area contributed by atoms with E-state index in [1.54, 1.807) is 23.3 Å². The Morgan fingerprint density at radius 3 is 2.61 bits per heavy atom. The van der Waals surface area contributed by atoms with E-state index in [0.717, 1.165) is 22.2 Å². The van der Waals surface area contributed by atoms with Gasteiger partial charge in [-0.3, -0.25) is 9.78 Å². The largest absolute Gasteiger partial charge is 0.459 e. The summed E-state index contributed by atoms with van der Waals surface area (Å²) in [6, 6.07) is 22.9. The molecule has 2 aromatic carbocycles. The molecule has 0 bridgehead atoms. The molecule has 3 aromatic heterocycles. The maximum atomic E-state index is 13.3. The van der Waals surface area contributed by atoms with Crippen LogP contribution in [0, 0.1) is 0 Å². The number of aromatic nitrogens is 3. The van der Waals surface area contributed by atoms with Crippen LogP contribution in [0.5, 0.6) is 0 Å². The molecule has 0 aliphatic heterocycles. The van der Waals surface area contributed by atoms with Crippen LogP contribution in [0.25, 0.3) is 27.9 Å². The molecule has 0 unspecified atom stereocenters. The van der Waals surface area contributed by atoms with Gasteiger partial charge in [0.15, 0.2) is 0 Å². The number of rotatable bonds is 5. The van der Waals surface area contributed by atoms with E-state index in [9.17, 15) is 4.79 Å². The molecule has 6 nitrogen and oxygen atoms in total. The second kappa shape index (κ2) is 7.91. The first kappa shape index (κ1) is 18.8. The van der Waals surface area contributed by atoms with E-state index in [1.807, 2.05) is 79.7 Å². The van der Waals surface area contributed by atoms with Crippen molar-refractivity contribution in [3.8, 4) is 16.9 Å². The van der Waals surface area contributed by atoms with Gasteiger partial charge >= 0.3 is 0 Å². The number of amides is 1. The molecule has 31 heavy (non-hydrogen) atoms. The fourth-order valence-electron chi connectivity index (χ4n) is 3.53. The highest BCUT2D eigenvalue weighted by Gasteiger charge is 2.22. The van der Waals surface area contributed by atoms with Crippen LogP contribution in [-0.2, 0) is 0 Å². The Morgan fingerprint density at radius 1 is 1.03 bits per heavy atom. The standard InChI is InChI=1S/C25H20N4O2/c1-17(23-14-18-8-5-6-12-22(18)31-23)27-25(30)21-16-29(20-10-3-2-4-11-20)28-24(21)19-9-7-13-26-15-19/h2-17H,1H3,(H,27,30)/t17-/m0/s1. The van der Waals surface area contributed by atoms with Crippen LogP contribution in [0.1, 0.15) is 29.1 Å². The van der Waals surface area contributed by atoms with E-state index < -0.39 is 0 Å². The van der Waals surface area contributed by atoms with Gasteiger partial charge in [0.05, 0.1) is 17.3 Å². The van der Waals surface area contributed by atoms with E-state index in [1.165, 1.54) is 0 Å². The molecular formula is C25H20N4O2. The highest BCUT2D eigenvalue weighted by molar-refractivity contribution is 6.00. The summed E-state index contributed by atoms with van der Waals surface area (Å²) in [6.45, 7) is 1.90. The molecule has 1 amide bonds. The third-order valence-corrected chi connectivity index (χ3v) is 5.13. The van der Waals surface area contributed by atoms with Crippen LogP contribution in [-0.4, -0.2) is 20.7 Å². The van der Waals surface area contributed by atoms with E-state index in [0.29, 0.717) is 17.0 Å². The number of carbonyl (C=O) groups excluding carboxylic acids is 1. The molecule has 1 N–H and O–H groups in total. The topological polar surface area (TPSA) is 73.0 Å². The maximum absolute atomic E-state index is 13.3. The van der Waals surface area contributed by atoms with Gasteiger partial charge in [0.1, 0.15) is 17.0 Å². The van der Waals surface area contributed by atoms with Crippen molar-refractivity contribution in [3.05, 3.63) is 103 Å². The lowest BCUT2D eigenvalue weighted by atomic mass is 10.1. The highest BCUT2D eigenvalue weighted by atomic mass is 16.3. The summed E-state index contributed by atoms with van der Waals surface area (Å²) in [7, 11) is 0. The lowest BCUT2D eigenvalue weighted by molar-refractivity contribution is 0.0936. The number of nitrogens with one attached hydrogen (secondary N) is 1. The van der Waals surface area contributed by atoms with Crippen molar-refractivity contribution in [1.29, 1.82) is 0 Å². The number of benzene rings is 2. The molecule has 5 aromatic rings. The zero-order valence-corrected chi connectivity index (χ0v) is 16.9. The van der Waals surface area contributed by atoms with Crippen LogP contribution in [0.4, 0.5) is 0 Å². The molecule has 0 saturated carbocycles. The molecular weight excluding hydrogens is 388 g/mol. The molecule has 152 valence electrons. The summed E-state index contributed by atoms with van der Waals surface area (Å²) < 4.78 is 7.62. The first-order valence-corrected chi connectivity index (χ1v) is 10.0. The Kier molecular flexibility index (Phi) is 4.80. The van der Waals surface area contributed by atoms with Crippen molar-refractivity contribution in [1.82, 2.24) is 20.1 Å². The molecule has 0 radical (unpaired) electrons. The quantitative estimate of drug-likeness (QED) is 0.435. The monoisotopic (exact) mass is 408 g/mol. The van der Waals surface area contributed by atoms with Crippen molar-refractivity contribution < 1.29 is 9.21 Å². The van der Waals surface area contributed by atoms with E-state index in [-0.39, 0.29) is 11.9 Å². The van der Waals surface area contributed by atoms with Crippen LogP contribution in [0.2, 0.25) is 0 Å². The van der Waals surface area contributed by atoms with Crippen LogP contribution < -0.4 is 5.32 Å². The predicted molar refractivity (Wildman–Crippen MR) is 119 cm³/mol. The minimum absolute atomic E-state index is 0.228. The molecule has 0 saturated heterocycles. The molecule has 6 heteroatoms. The number of fused-ring (bicyclic) bond motifs is 1. The average molecular weight is 408 g/mol. The third kappa shape index (κ3) is 3.71. The fraction of sp³-hybridized carbons (Fsp3) is 0.0800. The molecule has 0 aliphatic carbocycles. The lowest BCUT2D eigenvalue weighted by Crippen LogP contribution is -2.26. The fourth-order valence-corrected chi connectivity index (χ4v) is 3.53. The number of para-hydroxylation sites is 2. The zero-order chi connectivity index (χ0) is 21.2. The van der Waals surface area contributed by atoms with Gasteiger partial charge in [-0.1, -0.05) is 36.4 Å². The highest BCUT2D eigenvalue weighted by Crippen LogP contribution is 2.26. The summed E-state index contributed by atoms with van der Waals surface area (Å²) in [5.74, 6) is 0.474. The Balaban J connectivity index is 1.49. The van der Waals surface area contributed by atoms with Gasteiger partial charge in [-0.25, -0.2) is 4.68 Å². The van der Waals surface area contributed by atoms with Crippen LogP contribution >= 0.6 is 0 Å². The Hall–Kier alpha value is -4.19. The van der Waals surface area contributed by atoms with Crippen LogP contribution in [0.15, 0.2) is 95.8 Å². The van der Waals surface area contributed by atoms with Crippen molar-refractivity contribution in [2.75, 3.05) is 0 Å². The normalized spacial score (nSPS) is 12.0. The zero-order valence-electron chi connectivity index (χ0n) is 16.9. The van der Waals surface area contributed by atoms with Crippen molar-refractivity contribution in [2.24, 2.45) is 0 Å². The first-order chi connectivity index (χ1) is 15.2. The van der Waals surface area contributed by atoms with E-state index >= 15 is 0 Å². The number of furan rings is 1. The predicted octanol–water partition coefficient (Wildman–Crippen LogP) is 5.17. The second-order valence-corrected chi connectivity index (χ2v) is 7.29. The van der Waals surface area contributed by atoms with E-state index in [4.69, 9.17) is 4.42 Å². The summed E-state index contributed by atoms with van der Waals surface area (Å²) in [5, 5.41) is 8.73. The smallest absolute Gasteiger partial charge is 0.255 e. The summed E-state index contributed by atoms with van der Waals surface area (Å²) in [4.78, 5) is 17.4. The van der Waals surface area contributed by atoms with Gasteiger partial charge in [0.25, 0.3) is 5.91 Å². The van der Waals surface area contributed by atoms with Gasteiger partial charge in [0, 0.05) is 29.5 Å². The second-order valence-electron chi connectivity index (χ2n) is 7.29.